The third-order valence-electron chi connectivity index (χ3n) is 3.69. The first-order chi connectivity index (χ1) is 12.5. The first-order valence-corrected chi connectivity index (χ1v) is 7.73. The van der Waals surface area contributed by atoms with Crippen molar-refractivity contribution >= 4 is 11.9 Å². The molecule has 0 aliphatic rings. The van der Waals surface area contributed by atoms with Crippen LogP contribution < -0.4 is 10.1 Å². The monoisotopic (exact) mass is 386 g/mol. The van der Waals surface area contributed by atoms with Gasteiger partial charge in [0, 0.05) is 0 Å². The number of halogens is 3. The van der Waals surface area contributed by atoms with E-state index in [-0.39, 0.29) is 24.7 Å². The normalized spacial score (nSPS) is 11.9. The lowest BCUT2D eigenvalue weighted by atomic mass is 9.83. The number of carbonyl (C=O) groups is 2. The zero-order valence-corrected chi connectivity index (χ0v) is 14.4. The molecule has 27 heavy (non-hydrogen) atoms. The fraction of sp³-hybridized carbons (Fsp3) is 0.375. The van der Waals surface area contributed by atoms with Gasteiger partial charge in [0.2, 0.25) is 5.91 Å². The van der Waals surface area contributed by atoms with Crippen LogP contribution >= 0.6 is 0 Å². The minimum absolute atomic E-state index is 0.0250. The van der Waals surface area contributed by atoms with Gasteiger partial charge in [0.1, 0.15) is 18.0 Å². The zero-order valence-electron chi connectivity index (χ0n) is 14.4. The number of ether oxygens (including phenoxy) is 1. The topological polar surface area (TPSA) is 106 Å². The van der Waals surface area contributed by atoms with Crippen molar-refractivity contribution in [3.05, 3.63) is 41.7 Å². The van der Waals surface area contributed by atoms with Crippen molar-refractivity contribution in [2.75, 3.05) is 0 Å². The van der Waals surface area contributed by atoms with Gasteiger partial charge in [0.15, 0.2) is 0 Å². The largest absolute Gasteiger partial charge is 0.573 e. The molecule has 0 radical (unpaired) electrons. The van der Waals surface area contributed by atoms with Crippen molar-refractivity contribution in [2.24, 2.45) is 0 Å². The molecule has 0 saturated heterocycles. The van der Waals surface area contributed by atoms with Gasteiger partial charge in [-0.3, -0.25) is 9.59 Å². The summed E-state index contributed by atoms with van der Waals surface area (Å²) < 4.78 is 41.5. The molecule has 146 valence electrons. The number of aliphatic carboxylic acids is 1. The number of nitrogens with zero attached hydrogens (tertiary/aromatic N) is 3. The Morgan fingerprint density at radius 1 is 1.22 bits per heavy atom. The molecule has 8 nitrogen and oxygen atoms in total. The lowest BCUT2D eigenvalue weighted by Gasteiger charge is -2.24. The van der Waals surface area contributed by atoms with E-state index in [1.807, 2.05) is 0 Å². The van der Waals surface area contributed by atoms with E-state index in [1.54, 1.807) is 13.8 Å². The second-order valence-electron chi connectivity index (χ2n) is 6.18. The Morgan fingerprint density at radius 2 is 1.85 bits per heavy atom. The Bertz CT molecular complexity index is 816. The Labute approximate surface area is 151 Å². The Morgan fingerprint density at radius 3 is 2.41 bits per heavy atom. The maximum absolute atomic E-state index is 12.5. The van der Waals surface area contributed by atoms with E-state index in [0.717, 1.165) is 16.8 Å². The summed E-state index contributed by atoms with van der Waals surface area (Å²) in [5.41, 5.74) is -0.174. The zero-order chi connectivity index (χ0) is 20.2. The Balaban J connectivity index is 1.99. The Hall–Kier alpha value is -3.11. The average molecular weight is 386 g/mol. The molecule has 1 amide bonds. The minimum Gasteiger partial charge on any atom is -0.480 e. The quantitative estimate of drug-likeness (QED) is 0.752. The number of aromatic nitrogens is 3. The molecular weight excluding hydrogens is 369 g/mol. The predicted octanol–water partition coefficient (Wildman–Crippen LogP) is 1.86. The highest BCUT2D eigenvalue weighted by atomic mass is 19.4. The fourth-order valence-electron chi connectivity index (χ4n) is 2.23. The Kier molecular flexibility index (Phi) is 5.72. The molecule has 0 bridgehead atoms. The van der Waals surface area contributed by atoms with Crippen LogP contribution in [0.5, 0.6) is 5.75 Å². The van der Waals surface area contributed by atoms with Gasteiger partial charge in [-0.25, -0.2) is 4.68 Å². The van der Waals surface area contributed by atoms with E-state index in [4.69, 9.17) is 5.11 Å². The number of nitrogens with one attached hydrogen (secondary N) is 1. The van der Waals surface area contributed by atoms with Crippen molar-refractivity contribution in [3.8, 4) is 5.75 Å². The van der Waals surface area contributed by atoms with Gasteiger partial charge in [-0.2, -0.15) is 0 Å². The molecule has 2 aromatic rings. The maximum Gasteiger partial charge on any atom is 0.573 e. The molecule has 1 aromatic heterocycles. The summed E-state index contributed by atoms with van der Waals surface area (Å²) in [5.74, 6) is -1.84. The molecule has 1 heterocycles. The van der Waals surface area contributed by atoms with Crippen molar-refractivity contribution in [1.29, 1.82) is 0 Å². The molecule has 0 fully saturated rings. The van der Waals surface area contributed by atoms with E-state index >= 15 is 0 Å². The predicted molar refractivity (Wildman–Crippen MR) is 85.7 cm³/mol. The number of amides is 1. The average Bonchev–Trinajstić information content (AvgIpc) is 2.98. The van der Waals surface area contributed by atoms with E-state index in [0.29, 0.717) is 11.3 Å². The third kappa shape index (κ3) is 5.69. The van der Waals surface area contributed by atoms with Gasteiger partial charge in [-0.05, 0) is 31.5 Å². The first kappa shape index (κ1) is 20.2. The lowest BCUT2D eigenvalue weighted by Crippen LogP contribution is -2.39. The summed E-state index contributed by atoms with van der Waals surface area (Å²) in [6, 6.07) is 5.03. The number of benzene rings is 1. The van der Waals surface area contributed by atoms with E-state index in [9.17, 15) is 22.8 Å². The summed E-state index contributed by atoms with van der Waals surface area (Å²) in [6.45, 7) is 2.91. The van der Waals surface area contributed by atoms with Crippen LogP contribution in [0.1, 0.15) is 25.1 Å². The molecule has 2 N–H and O–H groups in total. The van der Waals surface area contributed by atoms with Crippen LogP contribution in [0.15, 0.2) is 30.5 Å². The number of rotatable bonds is 7. The highest BCUT2D eigenvalue weighted by Gasteiger charge is 2.32. The number of carbonyl (C=O) groups excluding carboxylic acids is 1. The van der Waals surface area contributed by atoms with Gasteiger partial charge in [0.05, 0.1) is 18.2 Å². The second-order valence-corrected chi connectivity index (χ2v) is 6.18. The van der Waals surface area contributed by atoms with Crippen LogP contribution in [0.3, 0.4) is 0 Å². The second kappa shape index (κ2) is 7.64. The molecule has 0 spiro atoms. The van der Waals surface area contributed by atoms with Crippen molar-refractivity contribution in [1.82, 2.24) is 20.3 Å². The van der Waals surface area contributed by atoms with Crippen LogP contribution in [0.25, 0.3) is 0 Å². The smallest absolute Gasteiger partial charge is 0.480 e. The molecule has 1 aromatic carbocycles. The number of alkyl halides is 3. The molecule has 0 atom stereocenters. The molecule has 2 rings (SSSR count). The van der Waals surface area contributed by atoms with Crippen LogP contribution in [0.2, 0.25) is 0 Å². The summed E-state index contributed by atoms with van der Waals surface area (Å²) in [6.07, 6.45) is -3.39. The van der Waals surface area contributed by atoms with Gasteiger partial charge >= 0.3 is 12.3 Å². The van der Waals surface area contributed by atoms with E-state index < -0.39 is 17.7 Å². The molecular formula is C16H17F3N4O4. The van der Waals surface area contributed by atoms with Crippen LogP contribution in [-0.2, 0) is 28.1 Å². The summed E-state index contributed by atoms with van der Waals surface area (Å²) in [4.78, 5) is 23.1. The summed E-state index contributed by atoms with van der Waals surface area (Å²) >= 11 is 0. The first-order valence-electron chi connectivity index (χ1n) is 7.73. The fourth-order valence-corrected chi connectivity index (χ4v) is 2.23. The number of carboxylic acid groups (broad SMARTS) is 1. The van der Waals surface area contributed by atoms with E-state index in [1.165, 1.54) is 18.3 Å². The van der Waals surface area contributed by atoms with Crippen LogP contribution in [0.4, 0.5) is 13.2 Å². The third-order valence-corrected chi connectivity index (χ3v) is 3.69. The number of hydrogen-bond donors (Lipinski definition) is 2. The SMILES string of the molecule is CC(C)(C(=O)NCc1cn(CC(=O)O)nn1)c1ccc(OC(F)(F)F)cc1. The van der Waals surface area contributed by atoms with Crippen LogP contribution in [-0.4, -0.2) is 38.3 Å². The van der Waals surface area contributed by atoms with Gasteiger partial charge < -0.3 is 15.2 Å². The van der Waals surface area contributed by atoms with E-state index in [2.05, 4.69) is 20.4 Å². The lowest BCUT2D eigenvalue weighted by molar-refractivity contribution is -0.274. The number of carboxylic acids is 1. The maximum atomic E-state index is 12.5. The van der Waals surface area contributed by atoms with Gasteiger partial charge in [-0.1, -0.05) is 17.3 Å². The van der Waals surface area contributed by atoms with Crippen molar-refractivity contribution in [3.63, 3.8) is 0 Å². The molecule has 0 aliphatic carbocycles. The molecule has 0 unspecified atom stereocenters. The van der Waals surface area contributed by atoms with Gasteiger partial charge in [-0.15, -0.1) is 18.3 Å². The van der Waals surface area contributed by atoms with Crippen molar-refractivity contribution < 1.29 is 32.6 Å². The van der Waals surface area contributed by atoms with Crippen LogP contribution in [0, 0.1) is 0 Å². The minimum atomic E-state index is -4.79. The van der Waals surface area contributed by atoms with Gasteiger partial charge in [0.25, 0.3) is 0 Å². The summed E-state index contributed by atoms with van der Waals surface area (Å²) in [5, 5.41) is 18.7. The summed E-state index contributed by atoms with van der Waals surface area (Å²) in [7, 11) is 0. The standard InChI is InChI=1S/C16H17F3N4O4/c1-15(2,10-3-5-12(6-4-10)27-16(17,18)19)14(26)20-7-11-8-23(22-21-11)9-13(24)25/h3-6,8H,7,9H2,1-2H3,(H,20,26)(H,24,25). The molecule has 0 aliphatic heterocycles. The highest BCUT2D eigenvalue weighted by Crippen LogP contribution is 2.28. The number of hydrogen-bond acceptors (Lipinski definition) is 5. The molecule has 0 saturated carbocycles. The molecule has 11 heteroatoms. The highest BCUT2D eigenvalue weighted by molar-refractivity contribution is 5.87. The van der Waals surface area contributed by atoms with Crippen molar-refractivity contribution in [2.45, 2.75) is 38.7 Å².